The number of rotatable bonds is 3. The number of carbonyl (C=O) groups is 1. The van der Waals surface area contributed by atoms with Crippen molar-refractivity contribution < 1.29 is 22.7 Å². The van der Waals surface area contributed by atoms with Gasteiger partial charge in [-0.1, -0.05) is 18.2 Å². The van der Waals surface area contributed by atoms with Gasteiger partial charge in [-0.3, -0.25) is 4.79 Å². The van der Waals surface area contributed by atoms with Crippen molar-refractivity contribution in [2.75, 3.05) is 6.61 Å². The van der Waals surface area contributed by atoms with Gasteiger partial charge in [0, 0.05) is 12.8 Å². The van der Waals surface area contributed by atoms with Crippen molar-refractivity contribution >= 4 is 5.78 Å². The average Bonchev–Trinajstić information content (AvgIpc) is 2.36. The molecule has 1 aromatic carbocycles. The Balaban J connectivity index is 1.94. The Morgan fingerprint density at radius 2 is 2.11 bits per heavy atom. The molecule has 1 heterocycles. The van der Waals surface area contributed by atoms with E-state index in [0.29, 0.717) is 37.9 Å². The maximum absolute atomic E-state index is 12.5. The maximum atomic E-state index is 12.5. The highest BCUT2D eigenvalue weighted by Gasteiger charge is 2.30. The molecule has 1 unspecified atom stereocenters. The first-order chi connectivity index (χ1) is 8.95. The van der Waals surface area contributed by atoms with E-state index in [1.807, 2.05) is 0 Å². The van der Waals surface area contributed by atoms with Gasteiger partial charge in [-0.15, -0.1) is 0 Å². The molecule has 2 rings (SSSR count). The van der Waals surface area contributed by atoms with Crippen LogP contribution in [0.1, 0.15) is 30.4 Å². The molecule has 0 amide bonds. The monoisotopic (exact) mass is 272 g/mol. The fourth-order valence-electron chi connectivity index (χ4n) is 2.17. The molecule has 1 aromatic rings. The first-order valence-corrected chi connectivity index (χ1v) is 6.24. The molecule has 1 saturated heterocycles. The summed E-state index contributed by atoms with van der Waals surface area (Å²) in [5.74, 6) is 0.167. The second kappa shape index (κ2) is 5.74. The zero-order valence-electron chi connectivity index (χ0n) is 10.4. The van der Waals surface area contributed by atoms with E-state index in [1.165, 1.54) is 6.07 Å². The smallest absolute Gasteiger partial charge is 0.377 e. The van der Waals surface area contributed by atoms with Crippen LogP contribution in [-0.2, 0) is 22.1 Å². The van der Waals surface area contributed by atoms with Crippen LogP contribution in [0, 0.1) is 0 Å². The number of hydrogen-bond acceptors (Lipinski definition) is 2. The minimum Gasteiger partial charge on any atom is -0.377 e. The summed E-state index contributed by atoms with van der Waals surface area (Å²) in [6.07, 6.45) is -2.59. The highest BCUT2D eigenvalue weighted by Crippen LogP contribution is 2.30. The molecule has 5 heteroatoms. The molecule has 1 aliphatic rings. The highest BCUT2D eigenvalue weighted by molar-refractivity contribution is 5.79. The Hall–Kier alpha value is -1.36. The SMILES string of the molecule is O=C1CCOC(CCc2cccc(C(F)(F)F)c2)C1. The van der Waals surface area contributed by atoms with E-state index in [1.54, 1.807) is 6.07 Å². The minimum atomic E-state index is -4.31. The van der Waals surface area contributed by atoms with Gasteiger partial charge in [-0.05, 0) is 24.5 Å². The summed E-state index contributed by atoms with van der Waals surface area (Å²) in [6, 6.07) is 5.29. The van der Waals surface area contributed by atoms with E-state index in [-0.39, 0.29) is 11.9 Å². The Bertz CT molecular complexity index is 454. The van der Waals surface area contributed by atoms with Gasteiger partial charge in [0.25, 0.3) is 0 Å². The van der Waals surface area contributed by atoms with Crippen molar-refractivity contribution in [1.29, 1.82) is 0 Å². The molecule has 1 fully saturated rings. The van der Waals surface area contributed by atoms with Gasteiger partial charge in [0.2, 0.25) is 0 Å². The molecule has 0 aliphatic carbocycles. The number of alkyl halides is 3. The lowest BCUT2D eigenvalue weighted by Gasteiger charge is -2.21. The van der Waals surface area contributed by atoms with Gasteiger partial charge >= 0.3 is 6.18 Å². The molecular weight excluding hydrogens is 257 g/mol. The third kappa shape index (κ3) is 4.06. The largest absolute Gasteiger partial charge is 0.416 e. The van der Waals surface area contributed by atoms with E-state index in [2.05, 4.69) is 0 Å². The highest BCUT2D eigenvalue weighted by atomic mass is 19.4. The first kappa shape index (κ1) is 14.1. The van der Waals surface area contributed by atoms with Gasteiger partial charge < -0.3 is 4.74 Å². The molecule has 1 atom stereocenters. The third-order valence-corrected chi connectivity index (χ3v) is 3.20. The van der Waals surface area contributed by atoms with E-state index < -0.39 is 11.7 Å². The summed E-state index contributed by atoms with van der Waals surface area (Å²) in [6.45, 7) is 0.423. The molecule has 1 aliphatic heterocycles. The Morgan fingerprint density at radius 1 is 1.32 bits per heavy atom. The van der Waals surface area contributed by atoms with Crippen LogP contribution in [0.15, 0.2) is 24.3 Å². The number of ether oxygens (including phenoxy) is 1. The number of Topliss-reactive ketones (excluding diaryl/α,β-unsaturated/α-hetero) is 1. The number of hydrogen-bond donors (Lipinski definition) is 0. The van der Waals surface area contributed by atoms with Crippen molar-refractivity contribution in [2.45, 2.75) is 38.0 Å². The number of halogens is 3. The van der Waals surface area contributed by atoms with Gasteiger partial charge in [0.15, 0.2) is 0 Å². The lowest BCUT2D eigenvalue weighted by molar-refractivity contribution is -0.137. The van der Waals surface area contributed by atoms with Crippen LogP contribution in [0.4, 0.5) is 13.2 Å². The van der Waals surface area contributed by atoms with Crippen LogP contribution in [0.5, 0.6) is 0 Å². The lowest BCUT2D eigenvalue weighted by atomic mass is 9.99. The summed E-state index contributed by atoms with van der Waals surface area (Å²) in [7, 11) is 0. The van der Waals surface area contributed by atoms with Gasteiger partial charge in [-0.25, -0.2) is 0 Å². The summed E-state index contributed by atoms with van der Waals surface area (Å²) < 4.78 is 43.1. The average molecular weight is 272 g/mol. The first-order valence-electron chi connectivity index (χ1n) is 6.24. The van der Waals surface area contributed by atoms with Gasteiger partial charge in [0.05, 0.1) is 18.3 Å². The fourth-order valence-corrected chi connectivity index (χ4v) is 2.17. The molecule has 2 nitrogen and oxygen atoms in total. The molecule has 0 spiro atoms. The van der Waals surface area contributed by atoms with Crippen molar-refractivity contribution in [3.8, 4) is 0 Å². The van der Waals surface area contributed by atoms with Crippen molar-refractivity contribution in [3.05, 3.63) is 35.4 Å². The molecule has 104 valence electrons. The van der Waals surface area contributed by atoms with E-state index >= 15 is 0 Å². The number of benzene rings is 1. The number of carbonyl (C=O) groups excluding carboxylic acids is 1. The third-order valence-electron chi connectivity index (χ3n) is 3.20. The van der Waals surface area contributed by atoms with Crippen LogP contribution < -0.4 is 0 Å². The van der Waals surface area contributed by atoms with Gasteiger partial charge in [0.1, 0.15) is 5.78 Å². The molecule has 0 radical (unpaired) electrons. The quantitative estimate of drug-likeness (QED) is 0.843. The predicted molar refractivity (Wildman–Crippen MR) is 63.7 cm³/mol. The van der Waals surface area contributed by atoms with Crippen LogP contribution in [0.25, 0.3) is 0 Å². The van der Waals surface area contributed by atoms with Crippen molar-refractivity contribution in [1.82, 2.24) is 0 Å². The Labute approximate surface area is 109 Å². The summed E-state index contributed by atoms with van der Waals surface area (Å²) in [4.78, 5) is 11.2. The second-order valence-electron chi connectivity index (χ2n) is 4.72. The predicted octanol–water partition coefficient (Wildman–Crippen LogP) is 3.39. The van der Waals surface area contributed by atoms with Crippen molar-refractivity contribution in [2.24, 2.45) is 0 Å². The fraction of sp³-hybridized carbons (Fsp3) is 0.500. The zero-order valence-corrected chi connectivity index (χ0v) is 10.4. The zero-order chi connectivity index (χ0) is 13.9. The number of aryl methyl sites for hydroxylation is 1. The normalized spacial score (nSPS) is 20.6. The molecule has 0 saturated carbocycles. The molecule has 0 bridgehead atoms. The van der Waals surface area contributed by atoms with E-state index in [9.17, 15) is 18.0 Å². The van der Waals surface area contributed by atoms with Crippen LogP contribution >= 0.6 is 0 Å². The van der Waals surface area contributed by atoms with Crippen LogP contribution in [0.3, 0.4) is 0 Å². The molecule has 0 N–H and O–H groups in total. The van der Waals surface area contributed by atoms with Crippen LogP contribution in [0.2, 0.25) is 0 Å². The lowest BCUT2D eigenvalue weighted by Crippen LogP contribution is -2.26. The Morgan fingerprint density at radius 3 is 2.79 bits per heavy atom. The summed E-state index contributed by atoms with van der Waals surface area (Å²) in [5, 5.41) is 0. The summed E-state index contributed by atoms with van der Waals surface area (Å²) in [5.41, 5.74) is -0.0120. The van der Waals surface area contributed by atoms with Gasteiger partial charge in [-0.2, -0.15) is 13.2 Å². The maximum Gasteiger partial charge on any atom is 0.416 e. The standard InChI is InChI=1S/C14H15F3O2/c15-14(16,17)11-3-1-2-10(8-11)4-5-13-9-12(18)6-7-19-13/h1-3,8,13H,4-7,9H2. The molecule has 19 heavy (non-hydrogen) atoms. The number of ketones is 1. The minimum absolute atomic E-state index is 0.157. The molecular formula is C14H15F3O2. The molecule has 0 aromatic heterocycles. The van der Waals surface area contributed by atoms with E-state index in [4.69, 9.17) is 4.74 Å². The van der Waals surface area contributed by atoms with Crippen molar-refractivity contribution in [3.63, 3.8) is 0 Å². The topological polar surface area (TPSA) is 26.3 Å². The van der Waals surface area contributed by atoms with E-state index in [0.717, 1.165) is 12.1 Å². The Kier molecular flexibility index (Phi) is 4.24. The summed E-state index contributed by atoms with van der Waals surface area (Å²) >= 11 is 0. The second-order valence-corrected chi connectivity index (χ2v) is 4.72. The van der Waals surface area contributed by atoms with Crippen LogP contribution in [-0.4, -0.2) is 18.5 Å².